The van der Waals surface area contributed by atoms with Crippen LogP contribution in [0.25, 0.3) is 67.3 Å². The average Bonchev–Trinajstić information content (AvgIpc) is 3.61. The summed E-state index contributed by atoms with van der Waals surface area (Å²) in [6.45, 7) is 0. The van der Waals surface area contributed by atoms with Gasteiger partial charge in [0, 0.05) is 22.3 Å². The van der Waals surface area contributed by atoms with Crippen molar-refractivity contribution in [3.05, 3.63) is 240 Å². The van der Waals surface area contributed by atoms with E-state index in [1.807, 2.05) is 36.4 Å². The summed E-state index contributed by atoms with van der Waals surface area (Å²) in [6.07, 6.45) is 0. The molecule has 0 atom stereocenters. The van der Waals surface area contributed by atoms with Gasteiger partial charge in [0.1, 0.15) is 0 Å². The molecule has 0 aliphatic heterocycles. The lowest BCUT2D eigenvalue weighted by Crippen LogP contribution is -2.28. The van der Waals surface area contributed by atoms with Gasteiger partial charge in [-0.15, -0.1) is 0 Å². The summed E-state index contributed by atoms with van der Waals surface area (Å²) in [5, 5.41) is 10.4. The molecule has 0 radical (unpaired) electrons. The second kappa shape index (κ2) is 14.2. The topological polar surface area (TPSA) is 49.6 Å². The van der Waals surface area contributed by atoms with Crippen molar-refractivity contribution < 1.29 is 0 Å². The third-order valence-electron chi connectivity index (χ3n) is 11.3. The Morgan fingerprint density at radius 2 is 0.895 bits per heavy atom. The highest BCUT2D eigenvalue weighted by atomic mass is 14.9. The van der Waals surface area contributed by atoms with Crippen molar-refractivity contribution in [2.45, 2.75) is 5.41 Å². The molecule has 1 heterocycles. The summed E-state index contributed by atoms with van der Waals surface area (Å²) in [6, 6.07) is 76.7. The number of hydrogen-bond acceptors (Lipinski definition) is 3. The van der Waals surface area contributed by atoms with Crippen molar-refractivity contribution in [1.82, 2.24) is 9.97 Å². The van der Waals surface area contributed by atoms with E-state index in [0.29, 0.717) is 11.4 Å². The number of aromatic nitrogens is 2. The number of nitriles is 1. The monoisotopic (exact) mass is 725 g/mol. The normalized spacial score (nSPS) is 12.3. The second-order valence-corrected chi connectivity index (χ2v) is 14.4. The maximum Gasteiger partial charge on any atom is 0.160 e. The van der Waals surface area contributed by atoms with Gasteiger partial charge in [-0.05, 0) is 68.3 Å². The van der Waals surface area contributed by atoms with Crippen LogP contribution in [0.5, 0.6) is 0 Å². The van der Waals surface area contributed by atoms with E-state index in [1.54, 1.807) is 0 Å². The Kier molecular flexibility index (Phi) is 8.43. The lowest BCUT2D eigenvalue weighted by atomic mass is 9.67. The van der Waals surface area contributed by atoms with Crippen molar-refractivity contribution in [2.24, 2.45) is 0 Å². The second-order valence-electron chi connectivity index (χ2n) is 14.4. The van der Waals surface area contributed by atoms with Gasteiger partial charge in [-0.1, -0.05) is 194 Å². The SMILES string of the molecule is N#Cc1cccc2c1-c1ccc(-c3ccccc3-c3cc(-c4ccccc4)nc(-c4ccc(-c5ccccc5)cc4)n3)cc1C2(c1ccccc1)c1ccccc1. The van der Waals surface area contributed by atoms with Gasteiger partial charge in [0.15, 0.2) is 5.82 Å². The molecule has 1 aliphatic rings. The fourth-order valence-corrected chi connectivity index (χ4v) is 8.67. The van der Waals surface area contributed by atoms with E-state index >= 15 is 0 Å². The number of rotatable bonds is 7. The van der Waals surface area contributed by atoms with Crippen molar-refractivity contribution in [3.8, 4) is 73.4 Å². The Morgan fingerprint density at radius 1 is 0.368 bits per heavy atom. The average molecular weight is 726 g/mol. The number of benzene rings is 8. The third kappa shape index (κ3) is 5.75. The Balaban J connectivity index is 1.17. The summed E-state index contributed by atoms with van der Waals surface area (Å²) in [5.74, 6) is 0.668. The molecule has 1 aromatic heterocycles. The molecule has 1 aliphatic carbocycles. The molecule has 0 amide bonds. The largest absolute Gasteiger partial charge is 0.228 e. The zero-order valence-corrected chi connectivity index (χ0v) is 31.0. The van der Waals surface area contributed by atoms with E-state index in [2.05, 4.69) is 182 Å². The molecule has 8 aromatic carbocycles. The molecule has 0 N–H and O–H groups in total. The Morgan fingerprint density at radius 3 is 1.54 bits per heavy atom. The van der Waals surface area contributed by atoms with Gasteiger partial charge in [0.2, 0.25) is 0 Å². The van der Waals surface area contributed by atoms with E-state index in [9.17, 15) is 5.26 Å². The molecule has 0 bridgehead atoms. The lowest BCUT2D eigenvalue weighted by Gasteiger charge is -2.34. The molecular formula is C54H35N3. The van der Waals surface area contributed by atoms with Crippen molar-refractivity contribution in [1.29, 1.82) is 5.26 Å². The van der Waals surface area contributed by atoms with Crippen molar-refractivity contribution >= 4 is 0 Å². The van der Waals surface area contributed by atoms with Gasteiger partial charge in [-0.2, -0.15) is 5.26 Å². The molecule has 0 spiro atoms. The molecule has 0 fully saturated rings. The predicted octanol–water partition coefficient (Wildman–Crippen LogP) is 13.0. The van der Waals surface area contributed by atoms with Crippen LogP contribution in [-0.2, 0) is 5.41 Å². The van der Waals surface area contributed by atoms with Crippen LogP contribution in [0.4, 0.5) is 0 Å². The van der Waals surface area contributed by atoms with Gasteiger partial charge in [-0.25, -0.2) is 9.97 Å². The summed E-state index contributed by atoms with van der Waals surface area (Å²) >= 11 is 0. The molecule has 0 unspecified atom stereocenters. The zero-order chi connectivity index (χ0) is 38.2. The standard InChI is InChI=1S/C54H35N3/c55-36-42-20-15-27-48-52(42)47-33-32-41(34-49(47)54(48,43-21-9-3-10-22-43)44-23-11-4-12-24-44)45-25-13-14-26-46(45)51-35-50(39-18-7-2-8-19-39)56-53(57-51)40-30-28-38(29-31-40)37-16-5-1-6-17-37/h1-35H. The molecular weight excluding hydrogens is 691 g/mol. The first-order chi connectivity index (χ1) is 28.2. The van der Waals surface area contributed by atoms with Crippen LogP contribution in [0.3, 0.4) is 0 Å². The molecule has 9 aromatic rings. The maximum absolute atomic E-state index is 10.4. The molecule has 3 heteroatoms. The lowest BCUT2D eigenvalue weighted by molar-refractivity contribution is 0.768. The summed E-state index contributed by atoms with van der Waals surface area (Å²) in [5.41, 5.74) is 15.8. The van der Waals surface area contributed by atoms with E-state index < -0.39 is 5.41 Å². The highest BCUT2D eigenvalue weighted by molar-refractivity contribution is 5.93. The van der Waals surface area contributed by atoms with E-state index in [1.165, 1.54) is 5.56 Å². The van der Waals surface area contributed by atoms with Crippen LogP contribution in [0.2, 0.25) is 0 Å². The van der Waals surface area contributed by atoms with Crippen molar-refractivity contribution in [2.75, 3.05) is 0 Å². The molecule has 10 rings (SSSR count). The van der Waals surface area contributed by atoms with Crippen molar-refractivity contribution in [3.63, 3.8) is 0 Å². The molecule has 57 heavy (non-hydrogen) atoms. The minimum absolute atomic E-state index is 0.639. The summed E-state index contributed by atoms with van der Waals surface area (Å²) < 4.78 is 0. The Labute approximate surface area is 332 Å². The van der Waals surface area contributed by atoms with E-state index in [4.69, 9.17) is 9.97 Å². The fraction of sp³-hybridized carbons (Fsp3) is 0.0185. The van der Waals surface area contributed by atoms with Crippen LogP contribution >= 0.6 is 0 Å². The van der Waals surface area contributed by atoms with Gasteiger partial charge in [0.05, 0.1) is 28.4 Å². The summed E-state index contributed by atoms with van der Waals surface area (Å²) in [4.78, 5) is 10.4. The van der Waals surface area contributed by atoms with Crippen LogP contribution in [0, 0.1) is 11.3 Å². The number of fused-ring (bicyclic) bond motifs is 3. The summed E-state index contributed by atoms with van der Waals surface area (Å²) in [7, 11) is 0. The first kappa shape index (κ1) is 33.9. The number of nitrogens with zero attached hydrogens (tertiary/aromatic N) is 3. The quantitative estimate of drug-likeness (QED) is 0.164. The van der Waals surface area contributed by atoms with Gasteiger partial charge in [0.25, 0.3) is 0 Å². The Hall–Kier alpha value is -7.67. The number of hydrogen-bond donors (Lipinski definition) is 0. The first-order valence-corrected chi connectivity index (χ1v) is 19.2. The molecule has 0 saturated carbocycles. The van der Waals surface area contributed by atoms with E-state index in [0.717, 1.165) is 78.1 Å². The van der Waals surface area contributed by atoms with Gasteiger partial charge >= 0.3 is 0 Å². The zero-order valence-electron chi connectivity index (χ0n) is 31.0. The van der Waals surface area contributed by atoms with Gasteiger partial charge < -0.3 is 0 Å². The maximum atomic E-state index is 10.4. The van der Waals surface area contributed by atoms with Crippen LogP contribution in [0.1, 0.15) is 27.8 Å². The minimum atomic E-state index is -0.639. The van der Waals surface area contributed by atoms with Gasteiger partial charge in [-0.3, -0.25) is 0 Å². The van der Waals surface area contributed by atoms with Crippen LogP contribution < -0.4 is 0 Å². The minimum Gasteiger partial charge on any atom is -0.228 e. The third-order valence-corrected chi connectivity index (χ3v) is 11.3. The van der Waals surface area contributed by atoms with Crippen LogP contribution in [0.15, 0.2) is 212 Å². The fourth-order valence-electron chi connectivity index (χ4n) is 8.67. The predicted molar refractivity (Wildman–Crippen MR) is 231 cm³/mol. The molecule has 266 valence electrons. The smallest absolute Gasteiger partial charge is 0.160 e. The Bertz CT molecular complexity index is 2890. The highest BCUT2D eigenvalue weighted by Crippen LogP contribution is 2.57. The van der Waals surface area contributed by atoms with Crippen LogP contribution in [-0.4, -0.2) is 9.97 Å². The highest BCUT2D eigenvalue weighted by Gasteiger charge is 2.47. The molecule has 3 nitrogen and oxygen atoms in total. The first-order valence-electron chi connectivity index (χ1n) is 19.2. The molecule has 0 saturated heterocycles. The van der Waals surface area contributed by atoms with E-state index in [-0.39, 0.29) is 0 Å².